The third-order valence-electron chi connectivity index (χ3n) is 1.95. The van der Waals surface area contributed by atoms with Crippen LogP contribution in [0.5, 0.6) is 0 Å². The van der Waals surface area contributed by atoms with Crippen LogP contribution in [-0.4, -0.2) is 5.88 Å². The number of alkyl halides is 1. The van der Waals surface area contributed by atoms with Gasteiger partial charge in [-0.2, -0.15) is 0 Å². The minimum atomic E-state index is 0.756. The van der Waals surface area contributed by atoms with E-state index in [9.17, 15) is 0 Å². The number of allylic oxidation sites excluding steroid dienone is 1. The third-order valence-corrected chi connectivity index (χ3v) is 2.33. The molecule has 76 valence electrons. The Hall–Kier alpha value is 0.100. The summed E-state index contributed by atoms with van der Waals surface area (Å²) in [7, 11) is 0. The smallest absolute Gasteiger partial charge is 0.0462 e. The Morgan fingerprint density at radius 1 is 1.23 bits per heavy atom. The Kier molecular flexibility index (Phi) is 10.3. The predicted octanol–water partition coefficient (Wildman–Crippen LogP) is 4.86. The lowest BCUT2D eigenvalue weighted by molar-refractivity contribution is 0.716. The van der Waals surface area contributed by atoms with Gasteiger partial charge in [0.25, 0.3) is 0 Å². The molecule has 0 aromatic carbocycles. The van der Waals surface area contributed by atoms with Gasteiger partial charge in [0.2, 0.25) is 0 Å². The van der Waals surface area contributed by atoms with Crippen molar-refractivity contribution < 1.29 is 0 Å². The minimum absolute atomic E-state index is 0.756. The van der Waals surface area contributed by atoms with E-state index in [1.807, 2.05) is 0 Å². The van der Waals surface area contributed by atoms with Crippen molar-refractivity contribution in [1.82, 2.24) is 0 Å². The molecule has 0 nitrogen and oxygen atoms in total. The van der Waals surface area contributed by atoms with Crippen LogP contribution in [0.2, 0.25) is 0 Å². The molecule has 0 atom stereocenters. The maximum Gasteiger partial charge on any atom is 0.0462 e. The molecule has 0 unspecified atom stereocenters. The summed E-state index contributed by atoms with van der Waals surface area (Å²) < 4.78 is 0. The number of rotatable bonds is 7. The molecule has 0 N–H and O–H groups in total. The van der Waals surface area contributed by atoms with E-state index in [1.54, 1.807) is 0 Å². The lowest BCUT2D eigenvalue weighted by atomic mass is 10.0. The van der Waals surface area contributed by atoms with Crippen molar-refractivity contribution in [3.63, 3.8) is 0 Å². The third kappa shape index (κ3) is 8.43. The SMILES string of the molecule is CCCCC(=C=CCl)CCCCCl. The van der Waals surface area contributed by atoms with Crippen LogP contribution in [0.3, 0.4) is 0 Å². The summed E-state index contributed by atoms with van der Waals surface area (Å²) in [6, 6.07) is 0. The van der Waals surface area contributed by atoms with Crippen LogP contribution in [0.15, 0.2) is 16.8 Å². The summed E-state index contributed by atoms with van der Waals surface area (Å²) in [6.45, 7) is 2.20. The summed E-state index contributed by atoms with van der Waals surface area (Å²) >= 11 is 11.1. The molecular formula is C11H18Cl2. The molecule has 0 aliphatic rings. The first-order valence-electron chi connectivity index (χ1n) is 4.94. The Balaban J connectivity index is 3.75. The molecule has 0 aromatic heterocycles. The van der Waals surface area contributed by atoms with E-state index in [0.29, 0.717) is 0 Å². The minimum Gasteiger partial charge on any atom is -0.127 e. The highest BCUT2D eigenvalue weighted by Gasteiger charge is 1.96. The van der Waals surface area contributed by atoms with Gasteiger partial charge in [-0.05, 0) is 37.7 Å². The normalized spacial score (nSPS) is 9.46. The van der Waals surface area contributed by atoms with Crippen LogP contribution < -0.4 is 0 Å². The van der Waals surface area contributed by atoms with Crippen LogP contribution in [0, 0.1) is 0 Å². The maximum absolute atomic E-state index is 5.60. The van der Waals surface area contributed by atoms with E-state index in [-0.39, 0.29) is 0 Å². The number of hydrogen-bond donors (Lipinski definition) is 0. The molecule has 0 saturated heterocycles. The van der Waals surface area contributed by atoms with Crippen molar-refractivity contribution in [1.29, 1.82) is 0 Å². The largest absolute Gasteiger partial charge is 0.127 e. The van der Waals surface area contributed by atoms with E-state index in [1.165, 1.54) is 23.9 Å². The lowest BCUT2D eigenvalue weighted by Crippen LogP contribution is -1.84. The fourth-order valence-electron chi connectivity index (χ4n) is 1.17. The molecule has 13 heavy (non-hydrogen) atoms. The maximum atomic E-state index is 5.60. The summed E-state index contributed by atoms with van der Waals surface area (Å²) in [4.78, 5) is 0. The molecule has 0 aliphatic heterocycles. The first kappa shape index (κ1) is 13.1. The number of halogens is 2. The van der Waals surface area contributed by atoms with Crippen LogP contribution >= 0.6 is 23.2 Å². The van der Waals surface area contributed by atoms with E-state index in [4.69, 9.17) is 23.2 Å². The molecule has 0 saturated carbocycles. The highest BCUT2D eigenvalue weighted by atomic mass is 35.5. The van der Waals surface area contributed by atoms with Crippen molar-refractivity contribution in [3.8, 4) is 0 Å². The first-order valence-corrected chi connectivity index (χ1v) is 5.91. The average Bonchev–Trinajstić information content (AvgIpc) is 2.14. The predicted molar refractivity (Wildman–Crippen MR) is 61.5 cm³/mol. The summed E-state index contributed by atoms with van der Waals surface area (Å²) in [6.07, 6.45) is 6.91. The molecule has 0 amide bonds. The van der Waals surface area contributed by atoms with E-state index in [2.05, 4.69) is 12.7 Å². The molecule has 0 aliphatic carbocycles. The van der Waals surface area contributed by atoms with Gasteiger partial charge in [0, 0.05) is 11.4 Å². The number of unbranched alkanes of at least 4 members (excludes halogenated alkanes) is 2. The monoisotopic (exact) mass is 220 g/mol. The Bertz CT molecular complexity index is 167. The van der Waals surface area contributed by atoms with E-state index >= 15 is 0 Å². The van der Waals surface area contributed by atoms with Crippen molar-refractivity contribution in [2.75, 3.05) is 5.88 Å². The second-order valence-electron chi connectivity index (χ2n) is 3.11. The van der Waals surface area contributed by atoms with Gasteiger partial charge in [-0.1, -0.05) is 24.9 Å². The average molecular weight is 221 g/mol. The van der Waals surface area contributed by atoms with Gasteiger partial charge in [-0.3, -0.25) is 0 Å². The zero-order valence-electron chi connectivity index (χ0n) is 8.28. The molecule has 0 spiro atoms. The first-order chi connectivity index (χ1) is 6.35. The van der Waals surface area contributed by atoms with Crippen LogP contribution in [0.25, 0.3) is 0 Å². The van der Waals surface area contributed by atoms with Gasteiger partial charge in [0.05, 0.1) is 0 Å². The fourth-order valence-corrected chi connectivity index (χ4v) is 1.51. The summed E-state index contributed by atoms with van der Waals surface area (Å²) in [5.41, 5.74) is 5.92. The van der Waals surface area contributed by atoms with Gasteiger partial charge in [0.15, 0.2) is 0 Å². The van der Waals surface area contributed by atoms with E-state index < -0.39 is 0 Å². The highest BCUT2D eigenvalue weighted by molar-refractivity contribution is 6.25. The van der Waals surface area contributed by atoms with Crippen LogP contribution in [0.1, 0.15) is 45.4 Å². The van der Waals surface area contributed by atoms with Crippen molar-refractivity contribution in [2.24, 2.45) is 0 Å². The van der Waals surface area contributed by atoms with Crippen molar-refractivity contribution in [2.45, 2.75) is 45.4 Å². The summed E-state index contributed by atoms with van der Waals surface area (Å²) in [5, 5.41) is 0. The molecule has 0 rings (SSSR count). The van der Waals surface area contributed by atoms with Gasteiger partial charge in [-0.25, -0.2) is 0 Å². The standard InChI is InChI=1S/C11H18Cl2/c1-2-3-6-11(8-10-13)7-4-5-9-12/h10H,2-7,9H2,1H3. The second-order valence-corrected chi connectivity index (χ2v) is 3.70. The molecule has 0 heterocycles. The van der Waals surface area contributed by atoms with Gasteiger partial charge in [0.1, 0.15) is 0 Å². The Morgan fingerprint density at radius 3 is 2.46 bits per heavy atom. The van der Waals surface area contributed by atoms with Crippen molar-refractivity contribution >= 4 is 23.2 Å². The molecule has 0 bridgehead atoms. The second kappa shape index (κ2) is 10.2. The zero-order valence-corrected chi connectivity index (χ0v) is 9.79. The molecule has 0 radical (unpaired) electrons. The van der Waals surface area contributed by atoms with Gasteiger partial charge in [-0.15, -0.1) is 17.3 Å². The molecule has 0 aromatic rings. The van der Waals surface area contributed by atoms with Gasteiger partial charge >= 0.3 is 0 Å². The summed E-state index contributed by atoms with van der Waals surface area (Å²) in [5.74, 6) is 0.756. The zero-order chi connectivity index (χ0) is 9.94. The van der Waals surface area contributed by atoms with Crippen LogP contribution in [-0.2, 0) is 0 Å². The van der Waals surface area contributed by atoms with E-state index in [0.717, 1.165) is 31.6 Å². The van der Waals surface area contributed by atoms with Crippen molar-refractivity contribution in [3.05, 3.63) is 16.8 Å². The number of hydrogen-bond acceptors (Lipinski definition) is 0. The highest BCUT2D eigenvalue weighted by Crippen LogP contribution is 2.14. The van der Waals surface area contributed by atoms with Crippen LogP contribution in [0.4, 0.5) is 0 Å². The Labute approximate surface area is 91.6 Å². The molecule has 2 heteroatoms. The molecular weight excluding hydrogens is 203 g/mol. The quantitative estimate of drug-likeness (QED) is 0.327. The topological polar surface area (TPSA) is 0 Å². The van der Waals surface area contributed by atoms with Gasteiger partial charge < -0.3 is 0 Å². The Morgan fingerprint density at radius 2 is 1.92 bits per heavy atom. The molecule has 0 fully saturated rings. The lowest BCUT2D eigenvalue weighted by Gasteiger charge is -2.02. The fraction of sp³-hybridized carbons (Fsp3) is 0.727.